The first-order chi connectivity index (χ1) is 11.3. The highest BCUT2D eigenvalue weighted by molar-refractivity contribution is 5.98. The molecular formula is C18H27N3O3. The number of carbonyl (C=O) groups is 2. The second-order valence-electron chi connectivity index (χ2n) is 7.38. The summed E-state index contributed by atoms with van der Waals surface area (Å²) >= 11 is 0. The average molecular weight is 333 g/mol. The number of nitrogens with one attached hydrogen (secondary N) is 3. The zero-order valence-electron chi connectivity index (χ0n) is 14.9. The molecule has 1 heterocycles. The normalized spacial score (nSPS) is 20.7. The van der Waals surface area contributed by atoms with E-state index in [9.17, 15) is 9.59 Å². The number of methoxy groups -OCH3 is 1. The van der Waals surface area contributed by atoms with Gasteiger partial charge in [-0.05, 0) is 58.0 Å². The van der Waals surface area contributed by atoms with Gasteiger partial charge in [0.05, 0.1) is 12.0 Å². The van der Waals surface area contributed by atoms with E-state index < -0.39 is 5.41 Å². The number of anilines is 1. The topological polar surface area (TPSA) is 79.5 Å². The van der Waals surface area contributed by atoms with E-state index in [2.05, 4.69) is 16.0 Å². The molecular weight excluding hydrogens is 306 g/mol. The smallest absolute Gasteiger partial charge is 0.251 e. The molecule has 1 aromatic carbocycles. The fourth-order valence-corrected chi connectivity index (χ4v) is 2.78. The fraction of sp³-hybridized carbons (Fsp3) is 0.556. The summed E-state index contributed by atoms with van der Waals surface area (Å²) in [5.41, 5.74) is 0.426. The largest absolute Gasteiger partial charge is 0.384 e. The molecule has 2 amide bonds. The Balaban J connectivity index is 2.03. The molecule has 24 heavy (non-hydrogen) atoms. The van der Waals surface area contributed by atoms with Gasteiger partial charge in [-0.15, -0.1) is 0 Å². The molecule has 6 nitrogen and oxygen atoms in total. The van der Waals surface area contributed by atoms with Crippen molar-refractivity contribution in [1.82, 2.24) is 10.6 Å². The van der Waals surface area contributed by atoms with Gasteiger partial charge in [0, 0.05) is 30.4 Å². The molecule has 0 spiro atoms. The Morgan fingerprint density at radius 3 is 2.42 bits per heavy atom. The lowest BCUT2D eigenvalue weighted by Gasteiger charge is -2.26. The van der Waals surface area contributed by atoms with Crippen LogP contribution in [0, 0.1) is 5.41 Å². The minimum absolute atomic E-state index is 0.0544. The minimum atomic E-state index is -0.531. The molecule has 1 unspecified atom stereocenters. The summed E-state index contributed by atoms with van der Waals surface area (Å²) in [4.78, 5) is 24.7. The predicted molar refractivity (Wildman–Crippen MR) is 94.1 cm³/mol. The molecule has 6 heteroatoms. The third-order valence-corrected chi connectivity index (χ3v) is 4.04. The van der Waals surface area contributed by atoms with Gasteiger partial charge in [0.15, 0.2) is 0 Å². The van der Waals surface area contributed by atoms with E-state index in [1.165, 1.54) is 0 Å². The minimum Gasteiger partial charge on any atom is -0.384 e. The van der Waals surface area contributed by atoms with E-state index in [0.29, 0.717) is 24.4 Å². The van der Waals surface area contributed by atoms with Crippen LogP contribution >= 0.6 is 0 Å². The zero-order valence-corrected chi connectivity index (χ0v) is 14.9. The first kappa shape index (κ1) is 18.4. The van der Waals surface area contributed by atoms with Crippen molar-refractivity contribution in [3.63, 3.8) is 0 Å². The Kier molecular flexibility index (Phi) is 5.62. The van der Waals surface area contributed by atoms with E-state index in [4.69, 9.17) is 4.74 Å². The SMILES string of the molecule is COCC1(C(=O)Nc2ccc(C(=O)NC(C)(C)C)cc2)CCNC1. The van der Waals surface area contributed by atoms with Crippen molar-refractivity contribution in [2.24, 2.45) is 5.41 Å². The highest BCUT2D eigenvalue weighted by atomic mass is 16.5. The van der Waals surface area contributed by atoms with Crippen LogP contribution in [-0.4, -0.2) is 44.2 Å². The second-order valence-corrected chi connectivity index (χ2v) is 7.38. The molecule has 2 rings (SSSR count). The lowest BCUT2D eigenvalue weighted by molar-refractivity contribution is -0.127. The van der Waals surface area contributed by atoms with E-state index in [1.807, 2.05) is 20.8 Å². The van der Waals surface area contributed by atoms with Gasteiger partial charge < -0.3 is 20.7 Å². The van der Waals surface area contributed by atoms with Crippen molar-refractivity contribution in [3.05, 3.63) is 29.8 Å². The summed E-state index contributed by atoms with van der Waals surface area (Å²) in [6.45, 7) is 7.61. The number of benzene rings is 1. The maximum absolute atomic E-state index is 12.6. The summed E-state index contributed by atoms with van der Waals surface area (Å²) in [6, 6.07) is 6.93. The molecule has 1 aliphatic heterocycles. The summed E-state index contributed by atoms with van der Waals surface area (Å²) in [7, 11) is 1.61. The lowest BCUT2D eigenvalue weighted by atomic mass is 9.87. The molecule has 0 bridgehead atoms. The molecule has 1 saturated heterocycles. The maximum atomic E-state index is 12.6. The predicted octanol–water partition coefficient (Wildman–Crippen LogP) is 1.78. The van der Waals surface area contributed by atoms with Crippen molar-refractivity contribution in [3.8, 4) is 0 Å². The second kappa shape index (κ2) is 7.32. The number of carbonyl (C=O) groups excluding carboxylic acids is 2. The van der Waals surface area contributed by atoms with Gasteiger partial charge in [-0.2, -0.15) is 0 Å². The van der Waals surface area contributed by atoms with Gasteiger partial charge in [0.1, 0.15) is 0 Å². The van der Waals surface area contributed by atoms with E-state index >= 15 is 0 Å². The standard InChI is InChI=1S/C18H27N3O3/c1-17(2,3)21-15(22)13-5-7-14(8-6-13)20-16(23)18(12-24-4)9-10-19-11-18/h5-8,19H,9-12H2,1-4H3,(H,20,23)(H,21,22). The van der Waals surface area contributed by atoms with Crippen LogP contribution in [0.2, 0.25) is 0 Å². The Morgan fingerprint density at radius 1 is 1.25 bits per heavy atom. The van der Waals surface area contributed by atoms with Crippen LogP contribution < -0.4 is 16.0 Å². The van der Waals surface area contributed by atoms with Crippen LogP contribution in [0.1, 0.15) is 37.6 Å². The van der Waals surface area contributed by atoms with Gasteiger partial charge >= 0.3 is 0 Å². The molecule has 0 aromatic heterocycles. The number of rotatable bonds is 5. The molecule has 0 aliphatic carbocycles. The molecule has 0 radical (unpaired) electrons. The van der Waals surface area contributed by atoms with E-state index in [-0.39, 0.29) is 17.4 Å². The zero-order chi connectivity index (χ0) is 17.8. The monoisotopic (exact) mass is 333 g/mol. The van der Waals surface area contributed by atoms with E-state index in [0.717, 1.165) is 13.0 Å². The van der Waals surface area contributed by atoms with Gasteiger partial charge in [0.25, 0.3) is 5.91 Å². The summed E-state index contributed by atoms with van der Waals surface area (Å²) in [6.07, 6.45) is 0.749. The highest BCUT2D eigenvalue weighted by Gasteiger charge is 2.41. The first-order valence-electron chi connectivity index (χ1n) is 8.19. The first-order valence-corrected chi connectivity index (χ1v) is 8.19. The van der Waals surface area contributed by atoms with Gasteiger partial charge in [-0.1, -0.05) is 0 Å². The van der Waals surface area contributed by atoms with Crippen LogP contribution in [0.15, 0.2) is 24.3 Å². The Labute approximate surface area is 143 Å². The maximum Gasteiger partial charge on any atom is 0.251 e. The molecule has 0 saturated carbocycles. The average Bonchev–Trinajstić information content (AvgIpc) is 2.96. The van der Waals surface area contributed by atoms with Crippen molar-refractivity contribution in [2.75, 3.05) is 32.1 Å². The van der Waals surface area contributed by atoms with Gasteiger partial charge in [-0.3, -0.25) is 9.59 Å². The van der Waals surface area contributed by atoms with Gasteiger partial charge in [-0.25, -0.2) is 0 Å². The van der Waals surface area contributed by atoms with Crippen LogP contribution in [0.4, 0.5) is 5.69 Å². The number of amides is 2. The Bertz CT molecular complexity index is 585. The molecule has 1 aliphatic rings. The molecule has 1 atom stereocenters. The van der Waals surface area contributed by atoms with Crippen molar-refractivity contribution >= 4 is 17.5 Å². The van der Waals surface area contributed by atoms with Crippen LogP contribution in [0.3, 0.4) is 0 Å². The highest BCUT2D eigenvalue weighted by Crippen LogP contribution is 2.28. The third-order valence-electron chi connectivity index (χ3n) is 4.04. The van der Waals surface area contributed by atoms with Crippen LogP contribution in [-0.2, 0) is 9.53 Å². The molecule has 1 fully saturated rings. The van der Waals surface area contributed by atoms with Gasteiger partial charge in [0.2, 0.25) is 5.91 Å². The fourth-order valence-electron chi connectivity index (χ4n) is 2.78. The Morgan fingerprint density at radius 2 is 1.92 bits per heavy atom. The third kappa shape index (κ3) is 4.55. The number of hydrogen-bond acceptors (Lipinski definition) is 4. The number of hydrogen-bond donors (Lipinski definition) is 3. The molecule has 3 N–H and O–H groups in total. The summed E-state index contributed by atoms with van der Waals surface area (Å²) in [5.74, 6) is -0.183. The van der Waals surface area contributed by atoms with Crippen molar-refractivity contribution < 1.29 is 14.3 Å². The van der Waals surface area contributed by atoms with Crippen molar-refractivity contribution in [1.29, 1.82) is 0 Å². The van der Waals surface area contributed by atoms with E-state index in [1.54, 1.807) is 31.4 Å². The van der Waals surface area contributed by atoms with Crippen LogP contribution in [0.5, 0.6) is 0 Å². The molecule has 1 aromatic rings. The molecule has 132 valence electrons. The summed E-state index contributed by atoms with van der Waals surface area (Å²) in [5, 5.41) is 9.06. The lowest BCUT2D eigenvalue weighted by Crippen LogP contribution is -2.42. The van der Waals surface area contributed by atoms with Crippen molar-refractivity contribution in [2.45, 2.75) is 32.7 Å². The summed E-state index contributed by atoms with van der Waals surface area (Å²) < 4.78 is 5.23. The number of ether oxygens (including phenoxy) is 1. The Hall–Kier alpha value is -1.92. The van der Waals surface area contributed by atoms with Crippen LogP contribution in [0.25, 0.3) is 0 Å². The quantitative estimate of drug-likeness (QED) is 0.767.